The highest BCUT2D eigenvalue weighted by Gasteiger charge is 2.38. The molecule has 7 nitrogen and oxygen atoms in total. The molecule has 3 rings (SSSR count). The van der Waals surface area contributed by atoms with Crippen LogP contribution in [0.25, 0.3) is 4.96 Å². The second-order valence-electron chi connectivity index (χ2n) is 4.95. The van der Waals surface area contributed by atoms with Gasteiger partial charge < -0.3 is 10.4 Å². The van der Waals surface area contributed by atoms with Crippen molar-refractivity contribution in [3.8, 4) is 0 Å². The van der Waals surface area contributed by atoms with Gasteiger partial charge in [0, 0.05) is 30.7 Å². The zero-order valence-electron chi connectivity index (χ0n) is 11.7. The fraction of sp³-hybridized carbons (Fsp3) is 0.583. The van der Waals surface area contributed by atoms with Gasteiger partial charge in [-0.05, 0) is 19.8 Å². The van der Waals surface area contributed by atoms with Gasteiger partial charge in [0.1, 0.15) is 0 Å². The van der Waals surface area contributed by atoms with Crippen molar-refractivity contribution in [1.82, 2.24) is 13.7 Å². The Bertz CT molecular complexity index is 737. The molecule has 1 fully saturated rings. The number of nitrogens with one attached hydrogen (secondary N) is 1. The number of fused-ring (bicyclic) bond motifs is 1. The number of imidazole rings is 1. The van der Waals surface area contributed by atoms with Crippen molar-refractivity contribution in [1.29, 1.82) is 0 Å². The average Bonchev–Trinajstić information content (AvgIpc) is 3.12. The summed E-state index contributed by atoms with van der Waals surface area (Å²) in [6.07, 6.45) is 3.18. The Labute approximate surface area is 127 Å². The molecule has 0 aliphatic carbocycles. The Balaban J connectivity index is 2.13. The van der Waals surface area contributed by atoms with Crippen molar-refractivity contribution in [2.75, 3.05) is 25.0 Å². The van der Waals surface area contributed by atoms with Crippen LogP contribution in [-0.2, 0) is 10.0 Å². The second-order valence-corrected chi connectivity index (χ2v) is 7.62. The maximum Gasteiger partial charge on any atom is 0.263 e. The minimum atomic E-state index is -3.69. The number of hydrogen-bond donors (Lipinski definition) is 2. The van der Waals surface area contributed by atoms with Gasteiger partial charge >= 0.3 is 0 Å². The third-order valence-electron chi connectivity index (χ3n) is 3.65. The van der Waals surface area contributed by atoms with Crippen molar-refractivity contribution in [2.45, 2.75) is 30.8 Å². The first kappa shape index (κ1) is 14.8. The van der Waals surface area contributed by atoms with E-state index in [-0.39, 0.29) is 17.7 Å². The summed E-state index contributed by atoms with van der Waals surface area (Å²) in [5.74, 6) is 0.382. The minimum Gasteiger partial charge on any atom is -0.395 e. The molecule has 0 aromatic carbocycles. The molecule has 1 saturated heterocycles. The summed E-state index contributed by atoms with van der Waals surface area (Å²) in [6, 6.07) is -0.339. The molecule has 2 aromatic rings. The molecule has 2 aromatic heterocycles. The van der Waals surface area contributed by atoms with Gasteiger partial charge in [0.2, 0.25) is 0 Å². The predicted molar refractivity (Wildman–Crippen MR) is 81.2 cm³/mol. The summed E-state index contributed by atoms with van der Waals surface area (Å²) in [7, 11) is -3.69. The molecule has 116 valence electrons. The molecule has 1 aliphatic rings. The second kappa shape index (κ2) is 5.56. The molecule has 1 aliphatic heterocycles. The zero-order chi connectivity index (χ0) is 15.0. The van der Waals surface area contributed by atoms with Crippen LogP contribution < -0.4 is 5.32 Å². The molecular formula is C12H18N4O3S2. The topological polar surface area (TPSA) is 86.9 Å². The van der Waals surface area contributed by atoms with Gasteiger partial charge in [-0.2, -0.15) is 4.31 Å². The molecule has 0 bridgehead atoms. The van der Waals surface area contributed by atoms with E-state index in [9.17, 15) is 13.5 Å². The van der Waals surface area contributed by atoms with Crippen molar-refractivity contribution in [2.24, 2.45) is 0 Å². The fourth-order valence-electron chi connectivity index (χ4n) is 2.71. The molecule has 0 radical (unpaired) electrons. The number of hydrogen-bond acceptors (Lipinski definition) is 6. The van der Waals surface area contributed by atoms with Crippen LogP contribution >= 0.6 is 11.3 Å². The van der Waals surface area contributed by atoms with E-state index in [4.69, 9.17) is 0 Å². The summed E-state index contributed by atoms with van der Waals surface area (Å²) >= 11 is 1.39. The van der Waals surface area contributed by atoms with Gasteiger partial charge in [-0.25, -0.2) is 13.4 Å². The molecule has 21 heavy (non-hydrogen) atoms. The summed E-state index contributed by atoms with van der Waals surface area (Å²) in [5, 5.41) is 14.4. The molecule has 0 saturated carbocycles. The quantitative estimate of drug-likeness (QED) is 0.853. The molecule has 2 N–H and O–H groups in total. The molecule has 1 unspecified atom stereocenters. The maximum absolute atomic E-state index is 13.0. The lowest BCUT2D eigenvalue weighted by Gasteiger charge is -2.22. The minimum absolute atomic E-state index is 0.151. The van der Waals surface area contributed by atoms with Crippen LogP contribution in [0.1, 0.15) is 19.8 Å². The molecular weight excluding hydrogens is 312 g/mol. The highest BCUT2D eigenvalue weighted by molar-refractivity contribution is 7.89. The Morgan fingerprint density at radius 1 is 1.57 bits per heavy atom. The predicted octanol–water partition coefficient (Wildman–Crippen LogP) is 0.973. The van der Waals surface area contributed by atoms with Crippen LogP contribution in [-0.4, -0.2) is 53.0 Å². The summed E-state index contributed by atoms with van der Waals surface area (Å²) in [6.45, 7) is 2.78. The van der Waals surface area contributed by atoms with E-state index in [2.05, 4.69) is 10.3 Å². The van der Waals surface area contributed by atoms with Crippen LogP contribution in [0.4, 0.5) is 5.82 Å². The number of aliphatic hydroxyl groups excluding tert-OH is 1. The van der Waals surface area contributed by atoms with E-state index < -0.39 is 10.0 Å². The SMILES string of the molecule is CCNc1nc2sccn2c1S(=O)(=O)N1CCCC1CO. The van der Waals surface area contributed by atoms with Gasteiger partial charge in [-0.1, -0.05) is 0 Å². The first-order chi connectivity index (χ1) is 10.1. The zero-order valence-corrected chi connectivity index (χ0v) is 13.3. The lowest BCUT2D eigenvalue weighted by atomic mass is 10.2. The lowest BCUT2D eigenvalue weighted by Crippen LogP contribution is -2.38. The van der Waals surface area contributed by atoms with Gasteiger partial charge in [0.05, 0.1) is 6.61 Å². The van der Waals surface area contributed by atoms with Crippen molar-refractivity contribution in [3.05, 3.63) is 11.6 Å². The van der Waals surface area contributed by atoms with E-state index in [1.165, 1.54) is 15.6 Å². The molecule has 0 amide bonds. The normalized spacial score (nSPS) is 20.4. The largest absolute Gasteiger partial charge is 0.395 e. The van der Waals surface area contributed by atoms with Crippen molar-refractivity contribution >= 4 is 32.1 Å². The average molecular weight is 330 g/mol. The van der Waals surface area contributed by atoms with Crippen LogP contribution in [0.15, 0.2) is 16.6 Å². The molecule has 1 atom stereocenters. The van der Waals surface area contributed by atoms with E-state index in [1.807, 2.05) is 12.3 Å². The monoisotopic (exact) mass is 330 g/mol. The number of thiazole rings is 1. The number of sulfonamides is 1. The maximum atomic E-state index is 13.0. The molecule has 9 heteroatoms. The van der Waals surface area contributed by atoms with Crippen LogP contribution in [0.5, 0.6) is 0 Å². The Morgan fingerprint density at radius 2 is 2.38 bits per heavy atom. The Morgan fingerprint density at radius 3 is 3.10 bits per heavy atom. The molecule has 3 heterocycles. The number of nitrogens with zero attached hydrogens (tertiary/aromatic N) is 3. The standard InChI is InChI=1S/C12H18N4O3S2/c1-2-13-10-11(15-6-7-20-12(15)14-10)21(18,19)16-5-3-4-9(16)8-17/h6-7,9,13,17H,2-5,8H2,1H3. The number of anilines is 1. The van der Waals surface area contributed by atoms with Crippen LogP contribution in [0.2, 0.25) is 0 Å². The smallest absolute Gasteiger partial charge is 0.263 e. The van der Waals surface area contributed by atoms with Crippen LogP contribution in [0, 0.1) is 0 Å². The van der Waals surface area contributed by atoms with E-state index >= 15 is 0 Å². The summed E-state index contributed by atoms with van der Waals surface area (Å²) in [5.41, 5.74) is 0. The van der Waals surface area contributed by atoms with Gasteiger partial charge in [0.15, 0.2) is 15.8 Å². The lowest BCUT2D eigenvalue weighted by molar-refractivity contribution is 0.213. The number of rotatable bonds is 5. The summed E-state index contributed by atoms with van der Waals surface area (Å²) < 4.78 is 29.0. The number of aliphatic hydroxyl groups is 1. The third-order valence-corrected chi connectivity index (χ3v) is 6.38. The van der Waals surface area contributed by atoms with Crippen molar-refractivity contribution < 1.29 is 13.5 Å². The summed E-state index contributed by atoms with van der Waals surface area (Å²) in [4.78, 5) is 5.00. The highest BCUT2D eigenvalue weighted by Crippen LogP contribution is 2.32. The van der Waals surface area contributed by atoms with Crippen LogP contribution in [0.3, 0.4) is 0 Å². The van der Waals surface area contributed by atoms with E-state index in [1.54, 1.807) is 10.6 Å². The Hall–Kier alpha value is -1.16. The first-order valence-corrected chi connectivity index (χ1v) is 9.23. The van der Waals surface area contributed by atoms with Crippen molar-refractivity contribution in [3.63, 3.8) is 0 Å². The van der Waals surface area contributed by atoms with E-state index in [0.29, 0.717) is 30.3 Å². The van der Waals surface area contributed by atoms with Gasteiger partial charge in [-0.3, -0.25) is 4.40 Å². The number of aromatic nitrogens is 2. The van der Waals surface area contributed by atoms with Gasteiger partial charge in [-0.15, -0.1) is 11.3 Å². The highest BCUT2D eigenvalue weighted by atomic mass is 32.2. The Kier molecular flexibility index (Phi) is 3.91. The molecule has 0 spiro atoms. The fourth-order valence-corrected chi connectivity index (χ4v) is 5.40. The first-order valence-electron chi connectivity index (χ1n) is 6.91. The third kappa shape index (κ3) is 2.33. The van der Waals surface area contributed by atoms with E-state index in [0.717, 1.165) is 6.42 Å². The van der Waals surface area contributed by atoms with Gasteiger partial charge in [0.25, 0.3) is 10.0 Å².